The Balaban J connectivity index is 2.00. The number of methoxy groups -OCH3 is 1. The number of fused-ring (bicyclic) bond motifs is 1. The fraction of sp³-hybridized carbons (Fsp3) is 0.111. The van der Waals surface area contributed by atoms with Crippen LogP contribution in [0.15, 0.2) is 51.1 Å². The average Bonchev–Trinajstić information content (AvgIpc) is 2.66. The van der Waals surface area contributed by atoms with Gasteiger partial charge in [0.2, 0.25) is 0 Å². The number of hydrogen-bond acceptors (Lipinski definition) is 6. The van der Waals surface area contributed by atoms with E-state index in [1.54, 1.807) is 24.3 Å². The van der Waals surface area contributed by atoms with Crippen LogP contribution in [0.2, 0.25) is 5.02 Å². The van der Waals surface area contributed by atoms with E-state index in [4.69, 9.17) is 26.2 Å². The zero-order valence-electron chi connectivity index (χ0n) is 14.5. The van der Waals surface area contributed by atoms with Crippen LogP contribution < -0.4 is 20.7 Å². The first kappa shape index (κ1) is 19.2. The molecule has 0 saturated carbocycles. The molecule has 3 rings (SSSR count). The fourth-order valence-corrected chi connectivity index (χ4v) is 2.74. The van der Waals surface area contributed by atoms with Crippen molar-refractivity contribution in [3.8, 4) is 11.5 Å². The molecule has 1 aromatic heterocycles. The van der Waals surface area contributed by atoms with Gasteiger partial charge in [0, 0.05) is 0 Å². The number of nitrogens with one attached hydrogen (secondary N) is 1. The molecule has 0 saturated heterocycles. The predicted octanol–water partition coefficient (Wildman–Crippen LogP) is 1.70. The first-order valence-corrected chi connectivity index (χ1v) is 8.29. The molecule has 0 radical (unpaired) electrons. The molecule has 0 aliphatic heterocycles. The Morgan fingerprint density at radius 3 is 2.79 bits per heavy atom. The number of H-pyrrole nitrogens is 1. The Hall–Kier alpha value is -3.59. The highest BCUT2D eigenvalue weighted by molar-refractivity contribution is 6.32. The van der Waals surface area contributed by atoms with Gasteiger partial charge >= 0.3 is 11.7 Å². The normalized spacial score (nSPS) is 11.1. The summed E-state index contributed by atoms with van der Waals surface area (Å²) in [6.07, 6.45) is 1.25. The van der Waals surface area contributed by atoms with Gasteiger partial charge < -0.3 is 19.6 Å². The Morgan fingerprint density at radius 2 is 2.07 bits per heavy atom. The minimum absolute atomic E-state index is 0.0597. The number of halogens is 1. The standard InChI is InChI=1S/C18H14ClN3O6/c1-27-14-7-10(6-12(19)16(14)28-9-15(23)24)8-20-22-17(25)11-4-2-3-5-13(11)21-18(22)26/h2-8H,9H2,1H3,(H,21,26)(H,23,24). The molecular formula is C18H14ClN3O6. The molecule has 0 aliphatic rings. The van der Waals surface area contributed by atoms with Crippen molar-refractivity contribution in [1.82, 2.24) is 9.66 Å². The second-order valence-electron chi connectivity index (χ2n) is 5.55. The molecule has 0 amide bonds. The van der Waals surface area contributed by atoms with Crippen molar-refractivity contribution >= 4 is 34.7 Å². The SMILES string of the molecule is COc1cc(C=Nn2c(=O)[nH]c3ccccc3c2=O)cc(Cl)c1OCC(=O)O. The monoisotopic (exact) mass is 403 g/mol. The summed E-state index contributed by atoms with van der Waals surface area (Å²) in [5, 5.41) is 13.1. The van der Waals surface area contributed by atoms with Gasteiger partial charge in [-0.3, -0.25) is 4.79 Å². The number of carboxylic acid groups (broad SMARTS) is 1. The van der Waals surface area contributed by atoms with Gasteiger partial charge in [0.1, 0.15) is 0 Å². The molecule has 0 spiro atoms. The van der Waals surface area contributed by atoms with Crippen LogP contribution in [0.4, 0.5) is 0 Å². The molecule has 2 aromatic carbocycles. The van der Waals surface area contributed by atoms with E-state index in [0.29, 0.717) is 21.1 Å². The van der Waals surface area contributed by atoms with Gasteiger partial charge in [0.05, 0.1) is 29.2 Å². The lowest BCUT2D eigenvalue weighted by Gasteiger charge is -2.11. The van der Waals surface area contributed by atoms with Crippen LogP contribution in [0.1, 0.15) is 5.56 Å². The number of nitrogens with zero attached hydrogens (tertiary/aromatic N) is 2. The molecule has 0 bridgehead atoms. The maximum atomic E-state index is 12.5. The van der Waals surface area contributed by atoms with E-state index in [2.05, 4.69) is 10.1 Å². The number of aliphatic carboxylic acids is 1. The number of para-hydroxylation sites is 1. The molecule has 0 atom stereocenters. The van der Waals surface area contributed by atoms with E-state index >= 15 is 0 Å². The number of rotatable bonds is 6. The number of aromatic nitrogens is 2. The lowest BCUT2D eigenvalue weighted by molar-refractivity contribution is -0.139. The molecule has 0 unspecified atom stereocenters. The first-order chi connectivity index (χ1) is 13.4. The molecule has 144 valence electrons. The summed E-state index contributed by atoms with van der Waals surface area (Å²) < 4.78 is 11.0. The lowest BCUT2D eigenvalue weighted by atomic mass is 10.2. The largest absolute Gasteiger partial charge is 0.493 e. The van der Waals surface area contributed by atoms with Gasteiger partial charge in [-0.05, 0) is 29.8 Å². The third kappa shape index (κ3) is 3.89. The highest BCUT2D eigenvalue weighted by Crippen LogP contribution is 2.36. The van der Waals surface area contributed by atoms with E-state index in [0.717, 1.165) is 0 Å². The molecule has 1 heterocycles. The number of hydrogen-bond donors (Lipinski definition) is 2. The van der Waals surface area contributed by atoms with Crippen molar-refractivity contribution < 1.29 is 19.4 Å². The van der Waals surface area contributed by atoms with Crippen molar-refractivity contribution in [3.63, 3.8) is 0 Å². The van der Waals surface area contributed by atoms with Gasteiger partial charge in [-0.1, -0.05) is 23.7 Å². The van der Waals surface area contributed by atoms with E-state index in [1.807, 2.05) is 0 Å². The smallest absolute Gasteiger partial charge is 0.349 e. The third-order valence-electron chi connectivity index (χ3n) is 3.70. The molecule has 0 fully saturated rings. The third-order valence-corrected chi connectivity index (χ3v) is 3.98. The van der Waals surface area contributed by atoms with Crippen LogP contribution in [0.3, 0.4) is 0 Å². The number of benzene rings is 2. The summed E-state index contributed by atoms with van der Waals surface area (Å²) in [7, 11) is 1.36. The number of ether oxygens (including phenoxy) is 2. The van der Waals surface area contributed by atoms with Crippen LogP contribution in [0.25, 0.3) is 10.9 Å². The van der Waals surface area contributed by atoms with Crippen molar-refractivity contribution in [2.75, 3.05) is 13.7 Å². The Morgan fingerprint density at radius 1 is 1.32 bits per heavy atom. The minimum Gasteiger partial charge on any atom is -0.493 e. The van der Waals surface area contributed by atoms with Crippen LogP contribution in [0, 0.1) is 0 Å². The highest BCUT2D eigenvalue weighted by Gasteiger charge is 2.13. The number of carbonyl (C=O) groups is 1. The van der Waals surface area contributed by atoms with Gasteiger partial charge in [-0.2, -0.15) is 5.10 Å². The van der Waals surface area contributed by atoms with E-state index in [-0.39, 0.29) is 16.5 Å². The predicted molar refractivity (Wildman–Crippen MR) is 103 cm³/mol. The Kier molecular flexibility index (Phi) is 5.46. The quantitative estimate of drug-likeness (QED) is 0.604. The van der Waals surface area contributed by atoms with Gasteiger partial charge in [-0.25, -0.2) is 9.59 Å². The molecule has 0 aliphatic carbocycles. The Labute approximate surface area is 162 Å². The molecule has 28 heavy (non-hydrogen) atoms. The van der Waals surface area contributed by atoms with Crippen molar-refractivity contribution in [2.24, 2.45) is 5.10 Å². The van der Waals surface area contributed by atoms with Gasteiger partial charge in [0.25, 0.3) is 5.56 Å². The van der Waals surface area contributed by atoms with Crippen molar-refractivity contribution in [1.29, 1.82) is 0 Å². The summed E-state index contributed by atoms with van der Waals surface area (Å²) in [6.45, 7) is -0.592. The van der Waals surface area contributed by atoms with Crippen molar-refractivity contribution in [3.05, 3.63) is 67.8 Å². The Bertz CT molecular complexity index is 1200. The first-order valence-electron chi connectivity index (χ1n) is 7.91. The molecular weight excluding hydrogens is 390 g/mol. The average molecular weight is 404 g/mol. The molecule has 9 nitrogen and oxygen atoms in total. The number of aromatic amines is 1. The maximum absolute atomic E-state index is 12.5. The summed E-state index contributed by atoms with van der Waals surface area (Å²) in [5.74, 6) is -0.932. The second kappa shape index (κ2) is 7.97. The summed E-state index contributed by atoms with van der Waals surface area (Å²) in [4.78, 5) is 37.8. The topological polar surface area (TPSA) is 123 Å². The fourth-order valence-electron chi connectivity index (χ4n) is 2.47. The van der Waals surface area contributed by atoms with Gasteiger partial charge in [0.15, 0.2) is 18.1 Å². The summed E-state index contributed by atoms with van der Waals surface area (Å²) >= 11 is 6.12. The lowest BCUT2D eigenvalue weighted by Crippen LogP contribution is -2.32. The number of carboxylic acids is 1. The molecule has 2 N–H and O–H groups in total. The highest BCUT2D eigenvalue weighted by atomic mass is 35.5. The molecule has 10 heteroatoms. The summed E-state index contributed by atoms with van der Waals surface area (Å²) in [6, 6.07) is 9.49. The van der Waals surface area contributed by atoms with E-state index in [9.17, 15) is 14.4 Å². The molecule has 3 aromatic rings. The summed E-state index contributed by atoms with van der Waals surface area (Å²) in [5.41, 5.74) is -0.452. The zero-order valence-corrected chi connectivity index (χ0v) is 15.3. The second-order valence-corrected chi connectivity index (χ2v) is 5.96. The van der Waals surface area contributed by atoms with Crippen LogP contribution in [-0.2, 0) is 4.79 Å². The zero-order chi connectivity index (χ0) is 20.3. The maximum Gasteiger partial charge on any atom is 0.349 e. The van der Waals surface area contributed by atoms with Crippen LogP contribution in [-0.4, -0.2) is 40.7 Å². The minimum atomic E-state index is -1.17. The van der Waals surface area contributed by atoms with E-state index < -0.39 is 23.8 Å². The van der Waals surface area contributed by atoms with Crippen molar-refractivity contribution in [2.45, 2.75) is 0 Å². The van der Waals surface area contributed by atoms with Gasteiger partial charge in [-0.15, -0.1) is 4.68 Å². The van der Waals surface area contributed by atoms with E-state index in [1.165, 1.54) is 25.5 Å². The van der Waals surface area contributed by atoms with Crippen LogP contribution >= 0.6 is 11.6 Å². The van der Waals surface area contributed by atoms with Crippen LogP contribution in [0.5, 0.6) is 11.5 Å².